The zero-order valence-electron chi connectivity index (χ0n) is 18.0. The van der Waals surface area contributed by atoms with Crippen molar-refractivity contribution in [2.45, 2.75) is 32.6 Å². The molecule has 2 amide bonds. The maximum absolute atomic E-state index is 12.7. The van der Waals surface area contributed by atoms with E-state index in [0.29, 0.717) is 11.3 Å². The molecule has 1 aliphatic rings. The average molecular weight is 431 g/mol. The third kappa shape index (κ3) is 4.52. The van der Waals surface area contributed by atoms with Gasteiger partial charge >= 0.3 is 0 Å². The van der Waals surface area contributed by atoms with Gasteiger partial charge in [-0.2, -0.15) is 0 Å². The summed E-state index contributed by atoms with van der Waals surface area (Å²) in [5.41, 5.74) is 6.83. The zero-order chi connectivity index (χ0) is 22.0. The Morgan fingerprint density at radius 3 is 2.52 bits per heavy atom. The largest absolute Gasteiger partial charge is 0.322 e. The third-order valence-corrected chi connectivity index (χ3v) is 6.90. The molecule has 0 aliphatic carbocycles. The Kier molecular flexibility index (Phi) is 6.14. The van der Waals surface area contributed by atoms with Crippen LogP contribution in [0.5, 0.6) is 0 Å². The molecule has 31 heavy (non-hydrogen) atoms. The van der Waals surface area contributed by atoms with Crippen molar-refractivity contribution in [2.75, 3.05) is 16.0 Å². The predicted octanol–water partition coefficient (Wildman–Crippen LogP) is 5.90. The van der Waals surface area contributed by atoms with E-state index < -0.39 is 0 Å². The van der Waals surface area contributed by atoms with Crippen LogP contribution in [0, 0.1) is 13.8 Å². The van der Waals surface area contributed by atoms with E-state index in [4.69, 9.17) is 0 Å². The lowest BCUT2D eigenvalue weighted by Crippen LogP contribution is -2.28. The summed E-state index contributed by atoms with van der Waals surface area (Å²) in [6.45, 7) is 6.22. The summed E-state index contributed by atoms with van der Waals surface area (Å²) in [5, 5.41) is 2.87. The quantitative estimate of drug-likeness (QED) is 0.548. The van der Waals surface area contributed by atoms with E-state index in [9.17, 15) is 9.59 Å². The van der Waals surface area contributed by atoms with Crippen LogP contribution in [0.4, 0.5) is 11.4 Å². The lowest BCUT2D eigenvalue weighted by atomic mass is 10.1. The van der Waals surface area contributed by atoms with Crippen LogP contribution in [0.25, 0.3) is 0 Å². The smallest absolute Gasteiger partial charge is 0.255 e. The van der Waals surface area contributed by atoms with E-state index in [-0.39, 0.29) is 17.2 Å². The minimum absolute atomic E-state index is 0.101. The molecular weight excluding hydrogens is 404 g/mol. The standard InChI is InChI=1S/C26H26N2O2S/c1-4-19-9-11-20(12-10-19)25(30)27-22-7-5-6-21(15-22)26-28(24(29)16-31-26)23-13-8-17(2)18(3)14-23/h5-15,26H,4,16H2,1-3H3,(H,27,30)/t26-/m0/s1. The number of carbonyl (C=O) groups is 2. The number of thioether (sulfide) groups is 1. The molecule has 1 N–H and O–H groups in total. The Bertz CT molecular complexity index is 1120. The molecule has 0 radical (unpaired) electrons. The van der Waals surface area contributed by atoms with Crippen molar-refractivity contribution in [3.8, 4) is 0 Å². The summed E-state index contributed by atoms with van der Waals surface area (Å²) in [6.07, 6.45) is 0.943. The molecule has 3 aromatic rings. The van der Waals surface area contributed by atoms with Gasteiger partial charge in [0.25, 0.3) is 5.91 Å². The van der Waals surface area contributed by atoms with Gasteiger partial charge in [-0.3, -0.25) is 14.5 Å². The highest BCUT2D eigenvalue weighted by Gasteiger charge is 2.34. The molecule has 4 nitrogen and oxygen atoms in total. The molecular formula is C26H26N2O2S. The summed E-state index contributed by atoms with van der Waals surface area (Å²) < 4.78 is 0. The van der Waals surface area contributed by atoms with Crippen LogP contribution in [0.1, 0.15) is 44.9 Å². The van der Waals surface area contributed by atoms with E-state index in [2.05, 4.69) is 38.2 Å². The summed E-state index contributed by atoms with van der Waals surface area (Å²) in [6, 6.07) is 21.6. The van der Waals surface area contributed by atoms with E-state index in [1.807, 2.05) is 59.5 Å². The number of hydrogen-bond acceptors (Lipinski definition) is 3. The Labute approximate surface area is 187 Å². The van der Waals surface area contributed by atoms with E-state index in [0.717, 1.165) is 28.9 Å². The maximum Gasteiger partial charge on any atom is 0.255 e. The molecule has 0 saturated carbocycles. The lowest BCUT2D eigenvalue weighted by Gasteiger charge is -2.25. The van der Waals surface area contributed by atoms with Gasteiger partial charge in [0.15, 0.2) is 0 Å². The van der Waals surface area contributed by atoms with Crippen LogP contribution in [0.3, 0.4) is 0 Å². The van der Waals surface area contributed by atoms with Crippen LogP contribution < -0.4 is 10.2 Å². The van der Waals surface area contributed by atoms with Gasteiger partial charge in [-0.1, -0.05) is 37.3 Å². The highest BCUT2D eigenvalue weighted by Crippen LogP contribution is 2.42. The number of anilines is 2. The van der Waals surface area contributed by atoms with Crippen LogP contribution >= 0.6 is 11.8 Å². The number of hydrogen-bond donors (Lipinski definition) is 1. The maximum atomic E-state index is 12.7. The Balaban J connectivity index is 1.57. The molecule has 0 spiro atoms. The molecule has 5 heteroatoms. The number of aryl methyl sites for hydroxylation is 3. The van der Waals surface area contributed by atoms with Gasteiger partial charge in [0, 0.05) is 16.9 Å². The molecule has 0 aromatic heterocycles. The molecule has 1 atom stereocenters. The second-order valence-electron chi connectivity index (χ2n) is 7.83. The number of nitrogens with one attached hydrogen (secondary N) is 1. The number of amides is 2. The number of carbonyl (C=O) groups excluding carboxylic acids is 2. The van der Waals surface area contributed by atoms with Gasteiger partial charge in [0.05, 0.1) is 5.75 Å². The second-order valence-corrected chi connectivity index (χ2v) is 8.89. The van der Waals surface area contributed by atoms with E-state index >= 15 is 0 Å². The van der Waals surface area contributed by atoms with Crippen molar-refractivity contribution >= 4 is 35.0 Å². The van der Waals surface area contributed by atoms with Crippen molar-refractivity contribution in [3.05, 3.63) is 94.5 Å². The van der Waals surface area contributed by atoms with Crippen molar-refractivity contribution in [1.82, 2.24) is 0 Å². The first-order valence-electron chi connectivity index (χ1n) is 10.5. The fraction of sp³-hybridized carbons (Fsp3) is 0.231. The summed E-state index contributed by atoms with van der Waals surface area (Å²) >= 11 is 1.61. The Morgan fingerprint density at radius 1 is 1.03 bits per heavy atom. The minimum atomic E-state index is -0.138. The highest BCUT2D eigenvalue weighted by atomic mass is 32.2. The normalized spacial score (nSPS) is 15.9. The van der Waals surface area contributed by atoms with Crippen LogP contribution in [-0.2, 0) is 11.2 Å². The topological polar surface area (TPSA) is 49.4 Å². The zero-order valence-corrected chi connectivity index (χ0v) is 18.8. The molecule has 1 saturated heterocycles. The van der Waals surface area contributed by atoms with Crippen molar-refractivity contribution in [2.24, 2.45) is 0 Å². The predicted molar refractivity (Wildman–Crippen MR) is 129 cm³/mol. The number of rotatable bonds is 5. The SMILES string of the molecule is CCc1ccc(C(=O)Nc2cccc([C@@H]3SCC(=O)N3c3ccc(C)c(C)c3)c2)cc1. The Morgan fingerprint density at radius 2 is 1.81 bits per heavy atom. The highest BCUT2D eigenvalue weighted by molar-refractivity contribution is 8.00. The molecule has 0 unspecified atom stereocenters. The van der Waals surface area contributed by atoms with Crippen molar-refractivity contribution in [1.29, 1.82) is 0 Å². The first-order chi connectivity index (χ1) is 15.0. The van der Waals surface area contributed by atoms with Crippen LogP contribution in [0.15, 0.2) is 66.7 Å². The van der Waals surface area contributed by atoms with Gasteiger partial charge in [-0.05, 0) is 78.9 Å². The minimum Gasteiger partial charge on any atom is -0.322 e. The summed E-state index contributed by atoms with van der Waals surface area (Å²) in [7, 11) is 0. The Hall–Kier alpha value is -3.05. The fourth-order valence-corrected chi connectivity index (χ4v) is 4.86. The van der Waals surface area contributed by atoms with Crippen molar-refractivity contribution < 1.29 is 9.59 Å². The first-order valence-corrected chi connectivity index (χ1v) is 11.5. The van der Waals surface area contributed by atoms with Gasteiger partial charge in [0.2, 0.25) is 5.91 Å². The van der Waals surface area contributed by atoms with Crippen LogP contribution in [0.2, 0.25) is 0 Å². The molecule has 4 rings (SSSR count). The van der Waals surface area contributed by atoms with Gasteiger partial charge < -0.3 is 5.32 Å². The van der Waals surface area contributed by atoms with Crippen molar-refractivity contribution in [3.63, 3.8) is 0 Å². The van der Waals surface area contributed by atoms with E-state index in [1.165, 1.54) is 11.1 Å². The number of benzene rings is 3. The molecule has 0 bridgehead atoms. The van der Waals surface area contributed by atoms with E-state index in [1.54, 1.807) is 11.8 Å². The molecule has 3 aromatic carbocycles. The fourth-order valence-electron chi connectivity index (χ4n) is 3.69. The average Bonchev–Trinajstić information content (AvgIpc) is 3.17. The van der Waals surface area contributed by atoms with Gasteiger partial charge in [0.1, 0.15) is 5.37 Å². The summed E-state index contributed by atoms with van der Waals surface area (Å²) in [5.74, 6) is 0.405. The molecule has 1 heterocycles. The van der Waals surface area contributed by atoms with Gasteiger partial charge in [-0.15, -0.1) is 11.8 Å². The summed E-state index contributed by atoms with van der Waals surface area (Å²) in [4.78, 5) is 27.2. The second kappa shape index (κ2) is 8.98. The first kappa shape index (κ1) is 21.2. The van der Waals surface area contributed by atoms with Crippen LogP contribution in [-0.4, -0.2) is 17.6 Å². The number of nitrogens with zero attached hydrogens (tertiary/aromatic N) is 1. The monoisotopic (exact) mass is 430 g/mol. The molecule has 1 aliphatic heterocycles. The molecule has 1 fully saturated rings. The lowest BCUT2D eigenvalue weighted by molar-refractivity contribution is -0.115. The van der Waals surface area contributed by atoms with Gasteiger partial charge in [-0.25, -0.2) is 0 Å². The third-order valence-electron chi connectivity index (χ3n) is 5.69. The molecule has 158 valence electrons.